The van der Waals surface area contributed by atoms with E-state index in [1.807, 2.05) is 74.5 Å². The number of benzene rings is 2. The summed E-state index contributed by atoms with van der Waals surface area (Å²) in [6, 6.07) is 19.1. The van der Waals surface area contributed by atoms with Gasteiger partial charge in [-0.1, -0.05) is 74.5 Å². The molecule has 1 unspecified atom stereocenters. The van der Waals surface area contributed by atoms with Gasteiger partial charge in [-0.2, -0.15) is 0 Å². The van der Waals surface area contributed by atoms with Crippen LogP contribution >= 0.6 is 0 Å². The van der Waals surface area contributed by atoms with E-state index in [2.05, 4.69) is 10.6 Å². The predicted molar refractivity (Wildman–Crippen MR) is 107 cm³/mol. The first-order chi connectivity index (χ1) is 13.0. The first-order valence-electron chi connectivity index (χ1n) is 9.23. The summed E-state index contributed by atoms with van der Waals surface area (Å²) in [5.41, 5.74) is 2.24. The van der Waals surface area contributed by atoms with Gasteiger partial charge in [0, 0.05) is 12.5 Å². The Bertz CT molecular complexity index is 677. The molecular formula is C22H28N2O3. The number of nitrogens with one attached hydrogen (secondary N) is 2. The van der Waals surface area contributed by atoms with E-state index in [4.69, 9.17) is 4.74 Å². The van der Waals surface area contributed by atoms with Crippen molar-refractivity contribution in [2.24, 2.45) is 5.92 Å². The van der Waals surface area contributed by atoms with Gasteiger partial charge in [-0.3, -0.25) is 0 Å². The molecule has 0 saturated carbocycles. The number of urea groups is 1. The molecule has 0 aliphatic rings. The molecule has 0 aliphatic carbocycles. The molecule has 0 heterocycles. The van der Waals surface area contributed by atoms with E-state index in [0.717, 1.165) is 11.1 Å². The van der Waals surface area contributed by atoms with Crippen molar-refractivity contribution in [2.75, 3.05) is 13.7 Å². The minimum Gasteiger partial charge on any atom is -0.467 e. The lowest BCUT2D eigenvalue weighted by molar-refractivity contribution is -0.143. The second kappa shape index (κ2) is 10.4. The topological polar surface area (TPSA) is 67.4 Å². The van der Waals surface area contributed by atoms with Gasteiger partial charge < -0.3 is 15.4 Å². The maximum atomic E-state index is 12.4. The molecule has 2 amide bonds. The van der Waals surface area contributed by atoms with Crippen LogP contribution in [0.1, 0.15) is 37.3 Å². The molecule has 0 spiro atoms. The number of rotatable bonds is 8. The third-order valence-corrected chi connectivity index (χ3v) is 4.37. The molecule has 5 heteroatoms. The summed E-state index contributed by atoms with van der Waals surface area (Å²) in [4.78, 5) is 24.3. The highest BCUT2D eigenvalue weighted by molar-refractivity contribution is 5.83. The zero-order chi connectivity index (χ0) is 19.6. The summed E-state index contributed by atoms with van der Waals surface area (Å²) >= 11 is 0. The lowest BCUT2D eigenvalue weighted by Gasteiger charge is -2.21. The third-order valence-electron chi connectivity index (χ3n) is 4.37. The monoisotopic (exact) mass is 368 g/mol. The first-order valence-corrected chi connectivity index (χ1v) is 9.23. The highest BCUT2D eigenvalue weighted by Gasteiger charge is 2.23. The fraction of sp³-hybridized carbons (Fsp3) is 0.364. The molecule has 27 heavy (non-hydrogen) atoms. The van der Waals surface area contributed by atoms with E-state index in [1.165, 1.54) is 7.11 Å². The number of carbonyl (C=O) groups is 2. The fourth-order valence-electron chi connectivity index (χ4n) is 3.03. The molecular weight excluding hydrogens is 340 g/mol. The Kier molecular flexibility index (Phi) is 7.86. The average Bonchev–Trinajstić information content (AvgIpc) is 2.68. The maximum Gasteiger partial charge on any atom is 0.328 e. The zero-order valence-corrected chi connectivity index (χ0v) is 16.1. The normalized spacial score (nSPS) is 11.9. The van der Waals surface area contributed by atoms with E-state index in [-0.39, 0.29) is 17.9 Å². The number of carbonyl (C=O) groups excluding carboxylic acids is 2. The standard InChI is InChI=1S/C22H28N2O3/c1-16(2)14-20(21(25)27-3)24-22(26)23-15-19(17-10-6-4-7-11-17)18-12-8-5-9-13-18/h4-13,16,19-20H,14-15H2,1-3H3,(H2,23,24,26). The van der Waals surface area contributed by atoms with Crippen LogP contribution in [0.15, 0.2) is 60.7 Å². The van der Waals surface area contributed by atoms with Crippen LogP contribution in [0.4, 0.5) is 4.79 Å². The minimum absolute atomic E-state index is 0.0276. The van der Waals surface area contributed by atoms with Crippen molar-refractivity contribution in [1.29, 1.82) is 0 Å². The quantitative estimate of drug-likeness (QED) is 0.698. The van der Waals surface area contributed by atoms with Crippen molar-refractivity contribution in [3.63, 3.8) is 0 Å². The van der Waals surface area contributed by atoms with Gasteiger partial charge in [0.05, 0.1) is 7.11 Å². The van der Waals surface area contributed by atoms with E-state index in [0.29, 0.717) is 13.0 Å². The summed E-state index contributed by atoms with van der Waals surface area (Å²) in [5, 5.41) is 5.64. The lowest BCUT2D eigenvalue weighted by Crippen LogP contribution is -2.47. The number of esters is 1. The molecule has 144 valence electrons. The molecule has 0 bridgehead atoms. The first kappa shape index (κ1) is 20.5. The highest BCUT2D eigenvalue weighted by Crippen LogP contribution is 2.23. The van der Waals surface area contributed by atoms with Crippen molar-refractivity contribution in [3.05, 3.63) is 71.8 Å². The van der Waals surface area contributed by atoms with Gasteiger partial charge >= 0.3 is 12.0 Å². The number of methoxy groups -OCH3 is 1. The van der Waals surface area contributed by atoms with E-state index >= 15 is 0 Å². The molecule has 0 saturated heterocycles. The van der Waals surface area contributed by atoms with Gasteiger partial charge in [-0.15, -0.1) is 0 Å². The molecule has 2 rings (SSSR count). The van der Waals surface area contributed by atoms with Crippen LogP contribution in [0.2, 0.25) is 0 Å². The van der Waals surface area contributed by atoms with Crippen LogP contribution in [0.25, 0.3) is 0 Å². The second-order valence-electron chi connectivity index (χ2n) is 6.93. The summed E-state index contributed by atoms with van der Waals surface area (Å²) in [6.45, 7) is 4.42. The van der Waals surface area contributed by atoms with Crippen LogP contribution in [-0.2, 0) is 9.53 Å². The number of hydrogen-bond donors (Lipinski definition) is 2. The molecule has 0 aliphatic heterocycles. The van der Waals surface area contributed by atoms with Gasteiger partial charge in [0.15, 0.2) is 0 Å². The van der Waals surface area contributed by atoms with E-state index in [9.17, 15) is 9.59 Å². The van der Waals surface area contributed by atoms with Crippen LogP contribution in [0, 0.1) is 5.92 Å². The highest BCUT2D eigenvalue weighted by atomic mass is 16.5. The molecule has 0 fully saturated rings. The Morgan fingerprint density at radius 3 is 1.89 bits per heavy atom. The van der Waals surface area contributed by atoms with Crippen LogP contribution in [0.5, 0.6) is 0 Å². The Morgan fingerprint density at radius 1 is 0.926 bits per heavy atom. The summed E-state index contributed by atoms with van der Waals surface area (Å²) in [7, 11) is 1.33. The van der Waals surface area contributed by atoms with Crippen molar-refractivity contribution in [3.8, 4) is 0 Å². The Balaban J connectivity index is 2.05. The summed E-state index contributed by atoms with van der Waals surface area (Å²) in [5.74, 6) is -0.142. The van der Waals surface area contributed by atoms with Crippen LogP contribution in [-0.4, -0.2) is 31.7 Å². The molecule has 5 nitrogen and oxygen atoms in total. The lowest BCUT2D eigenvalue weighted by atomic mass is 9.91. The van der Waals surface area contributed by atoms with Crippen molar-refractivity contribution < 1.29 is 14.3 Å². The molecule has 1 atom stereocenters. The molecule has 2 N–H and O–H groups in total. The summed E-state index contributed by atoms with van der Waals surface area (Å²) < 4.78 is 4.80. The van der Waals surface area contributed by atoms with Crippen LogP contribution in [0.3, 0.4) is 0 Å². The predicted octanol–water partition coefficient (Wildman–Crippen LogP) is 3.71. The van der Waals surface area contributed by atoms with Gasteiger partial charge in [-0.05, 0) is 23.5 Å². The van der Waals surface area contributed by atoms with Gasteiger partial charge in [-0.25, -0.2) is 9.59 Å². The van der Waals surface area contributed by atoms with Crippen molar-refractivity contribution >= 4 is 12.0 Å². The molecule has 2 aromatic rings. The largest absolute Gasteiger partial charge is 0.467 e. The van der Waals surface area contributed by atoms with Gasteiger partial charge in [0.25, 0.3) is 0 Å². The smallest absolute Gasteiger partial charge is 0.328 e. The fourth-order valence-corrected chi connectivity index (χ4v) is 3.03. The van der Waals surface area contributed by atoms with Gasteiger partial charge in [0.1, 0.15) is 6.04 Å². The average molecular weight is 368 g/mol. The zero-order valence-electron chi connectivity index (χ0n) is 16.1. The minimum atomic E-state index is -0.651. The summed E-state index contributed by atoms with van der Waals surface area (Å²) in [6.07, 6.45) is 0.529. The molecule has 2 aromatic carbocycles. The Morgan fingerprint density at radius 2 is 1.44 bits per heavy atom. The molecule has 0 aromatic heterocycles. The molecule has 0 radical (unpaired) electrons. The number of ether oxygens (including phenoxy) is 1. The van der Waals surface area contributed by atoms with Crippen molar-refractivity contribution in [1.82, 2.24) is 10.6 Å². The Hall–Kier alpha value is -2.82. The van der Waals surface area contributed by atoms with Crippen molar-refractivity contribution in [2.45, 2.75) is 32.2 Å². The number of hydrogen-bond acceptors (Lipinski definition) is 3. The SMILES string of the molecule is COC(=O)C(CC(C)C)NC(=O)NCC(c1ccccc1)c1ccccc1. The maximum absolute atomic E-state index is 12.4. The van der Waals surface area contributed by atoms with E-state index in [1.54, 1.807) is 0 Å². The second-order valence-corrected chi connectivity index (χ2v) is 6.93. The van der Waals surface area contributed by atoms with Gasteiger partial charge in [0.2, 0.25) is 0 Å². The van der Waals surface area contributed by atoms with Crippen LogP contribution < -0.4 is 10.6 Å². The Labute approximate surface area is 161 Å². The third kappa shape index (κ3) is 6.44. The van der Waals surface area contributed by atoms with E-state index < -0.39 is 12.0 Å². The number of amides is 2.